The molecular formula is C12H19O3P. The van der Waals surface area contributed by atoms with Crippen molar-refractivity contribution in [1.29, 1.82) is 0 Å². The van der Waals surface area contributed by atoms with Gasteiger partial charge in [-0.15, -0.1) is 0 Å². The summed E-state index contributed by atoms with van der Waals surface area (Å²) in [5.41, 5.74) is 2.21. The third-order valence-corrected chi connectivity index (χ3v) is 3.90. The van der Waals surface area contributed by atoms with Gasteiger partial charge in [0, 0.05) is 0 Å². The Labute approximate surface area is 97.0 Å². The Bertz CT molecular complexity index is 401. The van der Waals surface area contributed by atoms with Gasteiger partial charge in [0.05, 0.1) is 6.16 Å². The second-order valence-corrected chi connectivity index (χ2v) is 5.96. The highest BCUT2D eigenvalue weighted by molar-refractivity contribution is 7.53. The zero-order valence-electron chi connectivity index (χ0n) is 10.1. The summed E-state index contributed by atoms with van der Waals surface area (Å²) < 4.78 is 16.8. The van der Waals surface area contributed by atoms with Crippen LogP contribution in [-0.4, -0.2) is 11.1 Å². The van der Waals surface area contributed by atoms with Gasteiger partial charge in [0.25, 0.3) is 0 Å². The summed E-state index contributed by atoms with van der Waals surface area (Å²) in [6.07, 6.45) is 1.82. The number of unbranched alkanes of at least 4 members (excludes halogenated alkanes) is 1. The van der Waals surface area contributed by atoms with Crippen LogP contribution in [0.3, 0.4) is 0 Å². The average molecular weight is 242 g/mol. The van der Waals surface area contributed by atoms with Crippen molar-refractivity contribution in [1.82, 2.24) is 0 Å². The van der Waals surface area contributed by atoms with Crippen molar-refractivity contribution in [3.63, 3.8) is 0 Å². The lowest BCUT2D eigenvalue weighted by molar-refractivity contribution is 0.378. The van der Waals surface area contributed by atoms with Gasteiger partial charge in [-0.1, -0.05) is 19.4 Å². The summed E-state index contributed by atoms with van der Waals surface area (Å²) in [6, 6.07) is 5.42. The summed E-state index contributed by atoms with van der Waals surface area (Å²) in [5.74, 6) is 0.477. The van der Waals surface area contributed by atoms with Crippen molar-refractivity contribution in [2.75, 3.05) is 6.16 Å². The predicted octanol–water partition coefficient (Wildman–Crippen LogP) is 3.67. The summed E-state index contributed by atoms with van der Waals surface area (Å²) >= 11 is 0. The monoisotopic (exact) mass is 242 g/mol. The quantitative estimate of drug-likeness (QED) is 0.801. The van der Waals surface area contributed by atoms with Crippen LogP contribution in [0.1, 0.15) is 30.9 Å². The molecule has 1 atom stereocenters. The third kappa shape index (κ3) is 3.99. The minimum absolute atomic E-state index is 0.219. The second kappa shape index (κ2) is 5.51. The molecule has 0 aliphatic carbocycles. The van der Waals surface area contributed by atoms with Crippen molar-refractivity contribution in [2.45, 2.75) is 33.6 Å². The second-order valence-electron chi connectivity index (χ2n) is 4.05. The van der Waals surface area contributed by atoms with E-state index < -0.39 is 7.60 Å². The highest BCUT2D eigenvalue weighted by atomic mass is 31.2. The molecule has 1 aromatic carbocycles. The molecule has 0 radical (unpaired) electrons. The van der Waals surface area contributed by atoms with Gasteiger partial charge < -0.3 is 9.42 Å². The zero-order valence-corrected chi connectivity index (χ0v) is 11.0. The molecule has 0 saturated carbocycles. The molecule has 1 unspecified atom stereocenters. The Balaban J connectivity index is 2.72. The smallest absolute Gasteiger partial charge is 0.376 e. The maximum atomic E-state index is 11.7. The highest BCUT2D eigenvalue weighted by Crippen LogP contribution is 2.43. The van der Waals surface area contributed by atoms with E-state index >= 15 is 0 Å². The van der Waals surface area contributed by atoms with Gasteiger partial charge in [-0.2, -0.15) is 0 Å². The normalized spacial score (nSPS) is 14.5. The molecule has 0 bridgehead atoms. The Morgan fingerprint density at radius 3 is 2.56 bits per heavy atom. The summed E-state index contributed by atoms with van der Waals surface area (Å²) in [5, 5.41) is 0. The number of benzene rings is 1. The van der Waals surface area contributed by atoms with E-state index in [1.54, 1.807) is 12.1 Å². The zero-order chi connectivity index (χ0) is 12.2. The van der Waals surface area contributed by atoms with Gasteiger partial charge in [-0.3, -0.25) is 0 Å². The highest BCUT2D eigenvalue weighted by Gasteiger charge is 2.19. The fourth-order valence-electron chi connectivity index (χ4n) is 1.34. The van der Waals surface area contributed by atoms with Crippen LogP contribution < -0.4 is 4.52 Å². The van der Waals surface area contributed by atoms with Crippen molar-refractivity contribution >= 4 is 7.60 Å². The molecule has 0 spiro atoms. The molecule has 1 aromatic rings. The summed E-state index contributed by atoms with van der Waals surface area (Å²) in [6.45, 7) is 5.93. The van der Waals surface area contributed by atoms with Crippen LogP contribution in [0.15, 0.2) is 18.2 Å². The first-order valence-electron chi connectivity index (χ1n) is 5.53. The predicted molar refractivity (Wildman–Crippen MR) is 66.1 cm³/mol. The van der Waals surface area contributed by atoms with Gasteiger partial charge >= 0.3 is 7.60 Å². The van der Waals surface area contributed by atoms with E-state index in [1.165, 1.54) is 0 Å². The van der Waals surface area contributed by atoms with E-state index in [2.05, 4.69) is 0 Å². The standard InChI is InChI=1S/C12H19O3P/c1-4-5-8-16(13,14)15-12-7-6-10(2)11(3)9-12/h6-7,9H,4-5,8H2,1-3H3,(H,13,14). The topological polar surface area (TPSA) is 46.5 Å². The van der Waals surface area contributed by atoms with E-state index in [9.17, 15) is 9.46 Å². The van der Waals surface area contributed by atoms with E-state index in [0.29, 0.717) is 12.2 Å². The Morgan fingerprint density at radius 2 is 2.00 bits per heavy atom. The molecule has 4 heteroatoms. The molecule has 90 valence electrons. The minimum Gasteiger partial charge on any atom is -0.424 e. The molecule has 0 saturated heterocycles. The van der Waals surface area contributed by atoms with E-state index in [1.807, 2.05) is 26.8 Å². The van der Waals surface area contributed by atoms with Gasteiger partial charge in [-0.25, -0.2) is 4.57 Å². The number of hydrogen-bond acceptors (Lipinski definition) is 2. The van der Waals surface area contributed by atoms with Gasteiger partial charge in [0.15, 0.2) is 0 Å². The van der Waals surface area contributed by atoms with Crippen LogP contribution in [-0.2, 0) is 4.57 Å². The molecule has 16 heavy (non-hydrogen) atoms. The van der Waals surface area contributed by atoms with Crippen LogP contribution in [0.5, 0.6) is 5.75 Å². The lowest BCUT2D eigenvalue weighted by Gasteiger charge is -2.13. The van der Waals surface area contributed by atoms with Crippen molar-refractivity contribution in [3.8, 4) is 5.75 Å². The van der Waals surface area contributed by atoms with E-state index in [0.717, 1.165) is 17.5 Å². The SMILES string of the molecule is CCCCP(=O)(O)Oc1ccc(C)c(C)c1. The molecule has 1 N–H and O–H groups in total. The summed E-state index contributed by atoms with van der Waals surface area (Å²) in [7, 11) is -3.47. The molecular weight excluding hydrogens is 223 g/mol. The maximum absolute atomic E-state index is 11.7. The van der Waals surface area contributed by atoms with Crippen molar-refractivity contribution in [3.05, 3.63) is 29.3 Å². The Morgan fingerprint density at radius 1 is 1.31 bits per heavy atom. The molecule has 0 amide bonds. The molecule has 0 aliphatic rings. The lowest BCUT2D eigenvalue weighted by atomic mass is 10.1. The first-order valence-corrected chi connectivity index (χ1v) is 7.29. The van der Waals surface area contributed by atoms with Crippen molar-refractivity contribution < 1.29 is 14.0 Å². The Hall–Kier alpha value is -0.790. The fourth-order valence-corrected chi connectivity index (χ4v) is 2.59. The van der Waals surface area contributed by atoms with Crippen LogP contribution >= 0.6 is 7.60 Å². The Kier molecular flexibility index (Phi) is 4.57. The molecule has 0 aliphatic heterocycles. The van der Waals surface area contributed by atoms with Crippen molar-refractivity contribution in [2.24, 2.45) is 0 Å². The third-order valence-electron chi connectivity index (χ3n) is 2.52. The summed E-state index contributed by atoms with van der Waals surface area (Å²) in [4.78, 5) is 9.59. The largest absolute Gasteiger partial charge is 0.424 e. The van der Waals surface area contributed by atoms with Crippen LogP contribution in [0.25, 0.3) is 0 Å². The molecule has 0 fully saturated rings. The van der Waals surface area contributed by atoms with E-state index in [-0.39, 0.29) is 6.16 Å². The molecule has 1 rings (SSSR count). The van der Waals surface area contributed by atoms with Gasteiger partial charge in [0.2, 0.25) is 0 Å². The van der Waals surface area contributed by atoms with Crippen LogP contribution in [0, 0.1) is 13.8 Å². The average Bonchev–Trinajstić information content (AvgIpc) is 2.20. The molecule has 0 aromatic heterocycles. The number of hydrogen-bond donors (Lipinski definition) is 1. The minimum atomic E-state index is -3.47. The molecule has 0 heterocycles. The fraction of sp³-hybridized carbons (Fsp3) is 0.500. The number of aryl methyl sites for hydroxylation is 2. The van der Waals surface area contributed by atoms with Gasteiger partial charge in [0.1, 0.15) is 5.75 Å². The van der Waals surface area contributed by atoms with Crippen LogP contribution in [0.4, 0.5) is 0 Å². The molecule has 3 nitrogen and oxygen atoms in total. The lowest BCUT2D eigenvalue weighted by Crippen LogP contribution is -1.97. The van der Waals surface area contributed by atoms with Gasteiger partial charge in [-0.05, 0) is 43.5 Å². The van der Waals surface area contributed by atoms with Crippen LogP contribution in [0.2, 0.25) is 0 Å². The van der Waals surface area contributed by atoms with E-state index in [4.69, 9.17) is 4.52 Å². The maximum Gasteiger partial charge on any atom is 0.376 e. The first-order chi connectivity index (χ1) is 7.44. The number of rotatable bonds is 5. The first kappa shape index (κ1) is 13.3.